The first-order valence-electron chi connectivity index (χ1n) is 5.65. The zero-order valence-corrected chi connectivity index (χ0v) is 9.99. The number of hydrogen-bond donors (Lipinski definition) is 2. The highest BCUT2D eigenvalue weighted by molar-refractivity contribution is 5.74. The molecule has 88 valence electrons. The Hall–Kier alpha value is -1.51. The lowest BCUT2D eigenvalue weighted by Gasteiger charge is -2.13. The average Bonchev–Trinajstić information content (AvgIpc) is 2.18. The van der Waals surface area contributed by atoms with E-state index < -0.39 is 0 Å². The van der Waals surface area contributed by atoms with E-state index in [1.807, 2.05) is 18.2 Å². The van der Waals surface area contributed by atoms with Crippen molar-refractivity contribution in [3.05, 3.63) is 29.3 Å². The van der Waals surface area contributed by atoms with E-state index in [0.717, 1.165) is 17.7 Å². The topological polar surface area (TPSA) is 69.1 Å². The van der Waals surface area contributed by atoms with Gasteiger partial charge in [0.2, 0.25) is 5.91 Å². The molecule has 1 aromatic carbocycles. The Kier molecular flexibility index (Phi) is 4.35. The number of nitrogens with two attached hydrogens (primary N) is 2. The Bertz CT molecular complexity index is 372. The second-order valence-corrected chi connectivity index (χ2v) is 4.55. The Morgan fingerprint density at radius 1 is 1.38 bits per heavy atom. The monoisotopic (exact) mass is 220 g/mol. The summed E-state index contributed by atoms with van der Waals surface area (Å²) in [6.45, 7) is 4.31. The number of nitrogen functional groups attached to an aromatic ring is 1. The highest BCUT2D eigenvalue weighted by atomic mass is 16.1. The van der Waals surface area contributed by atoms with Crippen LogP contribution in [0.4, 0.5) is 5.69 Å². The molecule has 1 amide bonds. The maximum atomic E-state index is 10.8. The fraction of sp³-hybridized carbons (Fsp3) is 0.462. The molecule has 0 aliphatic rings. The summed E-state index contributed by atoms with van der Waals surface area (Å²) >= 11 is 0. The molecule has 0 aliphatic carbocycles. The van der Waals surface area contributed by atoms with E-state index in [0.29, 0.717) is 18.8 Å². The van der Waals surface area contributed by atoms with Crippen LogP contribution in [0.25, 0.3) is 0 Å². The van der Waals surface area contributed by atoms with Crippen LogP contribution in [0.1, 0.15) is 31.4 Å². The van der Waals surface area contributed by atoms with Crippen LogP contribution in [0.3, 0.4) is 0 Å². The van der Waals surface area contributed by atoms with Crippen molar-refractivity contribution in [2.45, 2.75) is 33.1 Å². The standard InChI is InChI=1S/C13H20N2O/c1-9(2)8-11-10(6-7-13(15)16)4-3-5-12(11)14/h3-5,9H,6-8,14H2,1-2H3,(H2,15,16). The quantitative estimate of drug-likeness (QED) is 0.744. The minimum atomic E-state index is -0.266. The molecule has 0 saturated carbocycles. The minimum absolute atomic E-state index is 0.266. The van der Waals surface area contributed by atoms with Gasteiger partial charge >= 0.3 is 0 Å². The maximum Gasteiger partial charge on any atom is 0.217 e. The largest absolute Gasteiger partial charge is 0.398 e. The van der Waals surface area contributed by atoms with Crippen molar-refractivity contribution in [3.8, 4) is 0 Å². The summed E-state index contributed by atoms with van der Waals surface area (Å²) in [4.78, 5) is 10.8. The lowest BCUT2D eigenvalue weighted by molar-refractivity contribution is -0.117. The van der Waals surface area contributed by atoms with Gasteiger partial charge < -0.3 is 11.5 Å². The third-order valence-electron chi connectivity index (χ3n) is 2.56. The third-order valence-corrected chi connectivity index (χ3v) is 2.56. The van der Waals surface area contributed by atoms with Crippen LogP contribution in [-0.4, -0.2) is 5.91 Å². The summed E-state index contributed by atoms with van der Waals surface area (Å²) in [5.74, 6) is 0.287. The molecule has 0 saturated heterocycles. The number of hydrogen-bond acceptors (Lipinski definition) is 2. The Labute approximate surface area is 96.8 Å². The molecule has 0 unspecified atom stereocenters. The molecule has 0 spiro atoms. The molecule has 1 rings (SSSR count). The third kappa shape index (κ3) is 3.57. The molecule has 0 aliphatic heterocycles. The van der Waals surface area contributed by atoms with Crippen LogP contribution in [0, 0.1) is 5.92 Å². The zero-order chi connectivity index (χ0) is 12.1. The first-order valence-corrected chi connectivity index (χ1v) is 5.65. The number of amides is 1. The summed E-state index contributed by atoms with van der Waals surface area (Å²) in [5.41, 5.74) is 14.2. The molecule has 0 heterocycles. The van der Waals surface area contributed by atoms with Crippen molar-refractivity contribution in [1.29, 1.82) is 0 Å². The number of anilines is 1. The van der Waals surface area contributed by atoms with Gasteiger partial charge in [0.1, 0.15) is 0 Å². The molecular formula is C13H20N2O. The van der Waals surface area contributed by atoms with Crippen LogP contribution in [0.2, 0.25) is 0 Å². The first kappa shape index (κ1) is 12.6. The van der Waals surface area contributed by atoms with Gasteiger partial charge in [-0.2, -0.15) is 0 Å². The van der Waals surface area contributed by atoms with Gasteiger partial charge in [-0.1, -0.05) is 26.0 Å². The van der Waals surface area contributed by atoms with E-state index in [1.165, 1.54) is 5.56 Å². The number of primary amides is 1. The average molecular weight is 220 g/mol. The van der Waals surface area contributed by atoms with Crippen molar-refractivity contribution >= 4 is 11.6 Å². The Morgan fingerprint density at radius 2 is 2.06 bits per heavy atom. The lowest BCUT2D eigenvalue weighted by atomic mass is 9.94. The number of carbonyl (C=O) groups excluding carboxylic acids is 1. The zero-order valence-electron chi connectivity index (χ0n) is 9.99. The highest BCUT2D eigenvalue weighted by Gasteiger charge is 2.09. The van der Waals surface area contributed by atoms with E-state index in [-0.39, 0.29) is 5.91 Å². The summed E-state index contributed by atoms with van der Waals surface area (Å²) < 4.78 is 0. The summed E-state index contributed by atoms with van der Waals surface area (Å²) in [6, 6.07) is 5.86. The number of carbonyl (C=O) groups is 1. The lowest BCUT2D eigenvalue weighted by Crippen LogP contribution is -2.12. The molecular weight excluding hydrogens is 200 g/mol. The first-order chi connectivity index (χ1) is 7.50. The van der Waals surface area contributed by atoms with Crippen molar-refractivity contribution in [2.75, 3.05) is 5.73 Å². The van der Waals surface area contributed by atoms with Gasteiger partial charge in [-0.15, -0.1) is 0 Å². The summed E-state index contributed by atoms with van der Waals surface area (Å²) in [7, 11) is 0. The Balaban J connectivity index is 2.89. The van der Waals surface area contributed by atoms with Crippen LogP contribution < -0.4 is 11.5 Å². The molecule has 3 nitrogen and oxygen atoms in total. The van der Waals surface area contributed by atoms with Crippen molar-refractivity contribution < 1.29 is 4.79 Å². The van der Waals surface area contributed by atoms with Crippen LogP contribution in [0.5, 0.6) is 0 Å². The van der Waals surface area contributed by atoms with E-state index in [4.69, 9.17) is 11.5 Å². The molecule has 0 fully saturated rings. The maximum absolute atomic E-state index is 10.8. The van der Waals surface area contributed by atoms with Gasteiger partial charge in [0, 0.05) is 12.1 Å². The van der Waals surface area contributed by atoms with Gasteiger partial charge in [0.25, 0.3) is 0 Å². The molecule has 0 radical (unpaired) electrons. The predicted octanol–water partition coefficient (Wildman–Crippen LogP) is 1.89. The molecule has 0 aromatic heterocycles. The predicted molar refractivity (Wildman–Crippen MR) is 66.9 cm³/mol. The van der Waals surface area contributed by atoms with Gasteiger partial charge in [-0.05, 0) is 36.0 Å². The fourth-order valence-electron chi connectivity index (χ4n) is 1.80. The smallest absolute Gasteiger partial charge is 0.217 e. The minimum Gasteiger partial charge on any atom is -0.398 e. The second-order valence-electron chi connectivity index (χ2n) is 4.55. The van der Waals surface area contributed by atoms with Gasteiger partial charge in [0.15, 0.2) is 0 Å². The molecule has 3 heteroatoms. The van der Waals surface area contributed by atoms with E-state index in [2.05, 4.69) is 13.8 Å². The molecule has 16 heavy (non-hydrogen) atoms. The second kappa shape index (κ2) is 5.54. The van der Waals surface area contributed by atoms with Gasteiger partial charge in [0.05, 0.1) is 0 Å². The Morgan fingerprint density at radius 3 is 2.62 bits per heavy atom. The van der Waals surface area contributed by atoms with Crippen molar-refractivity contribution in [3.63, 3.8) is 0 Å². The fourth-order valence-corrected chi connectivity index (χ4v) is 1.80. The molecule has 0 atom stereocenters. The SMILES string of the molecule is CC(C)Cc1c(N)cccc1CCC(N)=O. The van der Waals surface area contributed by atoms with E-state index in [9.17, 15) is 4.79 Å². The van der Waals surface area contributed by atoms with Gasteiger partial charge in [-0.3, -0.25) is 4.79 Å². The van der Waals surface area contributed by atoms with Crippen LogP contribution in [-0.2, 0) is 17.6 Å². The van der Waals surface area contributed by atoms with Crippen LogP contribution in [0.15, 0.2) is 18.2 Å². The molecule has 4 N–H and O–H groups in total. The normalized spacial score (nSPS) is 10.7. The summed E-state index contributed by atoms with van der Waals surface area (Å²) in [5, 5.41) is 0. The van der Waals surface area contributed by atoms with E-state index >= 15 is 0 Å². The van der Waals surface area contributed by atoms with Crippen molar-refractivity contribution in [2.24, 2.45) is 11.7 Å². The molecule has 0 bridgehead atoms. The highest BCUT2D eigenvalue weighted by Crippen LogP contribution is 2.21. The number of rotatable bonds is 5. The van der Waals surface area contributed by atoms with E-state index in [1.54, 1.807) is 0 Å². The molecule has 1 aromatic rings. The summed E-state index contributed by atoms with van der Waals surface area (Å²) in [6.07, 6.45) is 2.01. The van der Waals surface area contributed by atoms with Gasteiger partial charge in [-0.25, -0.2) is 0 Å². The number of benzene rings is 1. The number of aryl methyl sites for hydroxylation is 1. The van der Waals surface area contributed by atoms with Crippen molar-refractivity contribution in [1.82, 2.24) is 0 Å². The van der Waals surface area contributed by atoms with Crippen LogP contribution >= 0.6 is 0 Å².